The Hall–Kier alpha value is -1.33. The van der Waals surface area contributed by atoms with Crippen LogP contribution >= 0.6 is 27.5 Å². The van der Waals surface area contributed by atoms with Crippen LogP contribution in [-0.2, 0) is 0 Å². The standard InChI is InChI=1S/C12H9BrClN3O/c13-10-11(14)15-6-16-12(10)17-8-5-18-9-4-2-1-3-7(8)9/h1-4,6,8H,5H2,(H,15,16,17). The van der Waals surface area contributed by atoms with Crippen molar-refractivity contribution < 1.29 is 4.74 Å². The zero-order valence-electron chi connectivity index (χ0n) is 9.23. The summed E-state index contributed by atoms with van der Waals surface area (Å²) >= 11 is 9.30. The molecule has 2 aromatic rings. The van der Waals surface area contributed by atoms with E-state index in [1.54, 1.807) is 0 Å². The second-order valence-corrected chi connectivity index (χ2v) is 5.02. The molecule has 0 aliphatic carbocycles. The Balaban J connectivity index is 1.89. The molecule has 6 heteroatoms. The zero-order chi connectivity index (χ0) is 12.5. The van der Waals surface area contributed by atoms with Gasteiger partial charge in [0.1, 0.15) is 29.7 Å². The van der Waals surface area contributed by atoms with Crippen molar-refractivity contribution in [2.24, 2.45) is 0 Å². The highest BCUT2D eigenvalue weighted by Gasteiger charge is 2.24. The number of ether oxygens (including phenoxy) is 1. The van der Waals surface area contributed by atoms with Gasteiger partial charge in [-0.1, -0.05) is 29.8 Å². The molecule has 0 radical (unpaired) electrons. The number of rotatable bonds is 2. The summed E-state index contributed by atoms with van der Waals surface area (Å²) in [5.74, 6) is 1.58. The number of benzene rings is 1. The van der Waals surface area contributed by atoms with Crippen LogP contribution in [0.3, 0.4) is 0 Å². The third-order valence-electron chi connectivity index (χ3n) is 2.76. The number of nitrogens with zero attached hydrogens (tertiary/aromatic N) is 2. The van der Waals surface area contributed by atoms with Crippen molar-refractivity contribution in [2.75, 3.05) is 11.9 Å². The van der Waals surface area contributed by atoms with Gasteiger partial charge in [-0.2, -0.15) is 0 Å². The maximum atomic E-state index is 5.93. The molecule has 1 aliphatic rings. The molecule has 1 N–H and O–H groups in total. The number of hydrogen-bond donors (Lipinski definition) is 1. The van der Waals surface area contributed by atoms with E-state index < -0.39 is 0 Å². The number of halogens is 2. The van der Waals surface area contributed by atoms with Gasteiger partial charge in [0.15, 0.2) is 0 Å². The van der Waals surface area contributed by atoms with Crippen molar-refractivity contribution in [3.8, 4) is 5.75 Å². The SMILES string of the molecule is Clc1ncnc(NC2COc3ccccc32)c1Br. The lowest BCUT2D eigenvalue weighted by molar-refractivity contribution is 0.339. The number of aromatic nitrogens is 2. The van der Waals surface area contributed by atoms with E-state index in [-0.39, 0.29) is 6.04 Å². The molecule has 0 spiro atoms. The molecule has 4 nitrogen and oxygen atoms in total. The molecule has 1 unspecified atom stereocenters. The van der Waals surface area contributed by atoms with E-state index in [2.05, 4.69) is 31.2 Å². The fourth-order valence-electron chi connectivity index (χ4n) is 1.90. The number of anilines is 1. The van der Waals surface area contributed by atoms with Crippen LogP contribution < -0.4 is 10.1 Å². The maximum absolute atomic E-state index is 5.93. The lowest BCUT2D eigenvalue weighted by atomic mass is 10.1. The van der Waals surface area contributed by atoms with Crippen LogP contribution in [0.2, 0.25) is 5.15 Å². The third kappa shape index (κ3) is 2.04. The maximum Gasteiger partial charge on any atom is 0.148 e. The fraction of sp³-hybridized carbons (Fsp3) is 0.167. The molecular formula is C12H9BrClN3O. The van der Waals surface area contributed by atoms with Gasteiger partial charge in [0.05, 0.1) is 10.5 Å². The van der Waals surface area contributed by atoms with Crippen molar-refractivity contribution in [3.05, 3.63) is 45.8 Å². The Morgan fingerprint density at radius 3 is 3.06 bits per heavy atom. The van der Waals surface area contributed by atoms with Crippen LogP contribution in [0.5, 0.6) is 5.75 Å². The second-order valence-electron chi connectivity index (χ2n) is 3.87. The number of nitrogens with one attached hydrogen (secondary N) is 1. The minimum Gasteiger partial charge on any atom is -0.491 e. The molecular weight excluding hydrogens is 318 g/mol. The van der Waals surface area contributed by atoms with Crippen LogP contribution in [0, 0.1) is 0 Å². The largest absolute Gasteiger partial charge is 0.491 e. The van der Waals surface area contributed by atoms with Gasteiger partial charge >= 0.3 is 0 Å². The Morgan fingerprint density at radius 2 is 2.17 bits per heavy atom. The first-order valence-electron chi connectivity index (χ1n) is 5.40. The lowest BCUT2D eigenvalue weighted by Crippen LogP contribution is -2.13. The minimum atomic E-state index is 0.0727. The van der Waals surface area contributed by atoms with Crippen molar-refractivity contribution in [1.82, 2.24) is 9.97 Å². The van der Waals surface area contributed by atoms with Gasteiger partial charge in [0.25, 0.3) is 0 Å². The van der Waals surface area contributed by atoms with Crippen LogP contribution in [0.4, 0.5) is 5.82 Å². The summed E-state index contributed by atoms with van der Waals surface area (Å²) in [7, 11) is 0. The van der Waals surface area contributed by atoms with Gasteiger partial charge in [-0.25, -0.2) is 9.97 Å². The van der Waals surface area contributed by atoms with Crippen molar-refractivity contribution >= 4 is 33.3 Å². The molecule has 92 valence electrons. The summed E-state index contributed by atoms with van der Waals surface area (Å²) in [6.07, 6.45) is 1.43. The van der Waals surface area contributed by atoms with E-state index in [4.69, 9.17) is 16.3 Å². The van der Waals surface area contributed by atoms with Gasteiger partial charge in [-0.3, -0.25) is 0 Å². The average Bonchev–Trinajstić information content (AvgIpc) is 2.79. The molecule has 1 atom stereocenters. The quantitative estimate of drug-likeness (QED) is 0.859. The average molecular weight is 327 g/mol. The Kier molecular flexibility index (Phi) is 3.09. The number of para-hydroxylation sites is 1. The minimum absolute atomic E-state index is 0.0727. The predicted molar refractivity (Wildman–Crippen MR) is 73.0 cm³/mol. The third-order valence-corrected chi connectivity index (χ3v) is 4.02. The molecule has 1 aliphatic heterocycles. The first-order valence-corrected chi connectivity index (χ1v) is 6.57. The second kappa shape index (κ2) is 4.74. The molecule has 0 bridgehead atoms. The van der Waals surface area contributed by atoms with Gasteiger partial charge in [-0.15, -0.1) is 0 Å². The molecule has 2 heterocycles. The van der Waals surface area contributed by atoms with E-state index in [0.717, 1.165) is 11.3 Å². The van der Waals surface area contributed by atoms with Crippen molar-refractivity contribution in [1.29, 1.82) is 0 Å². The van der Waals surface area contributed by atoms with E-state index in [1.165, 1.54) is 6.33 Å². The van der Waals surface area contributed by atoms with Crippen LogP contribution in [0.15, 0.2) is 35.1 Å². The summed E-state index contributed by atoms with van der Waals surface area (Å²) in [6.45, 7) is 0.577. The topological polar surface area (TPSA) is 47.0 Å². The molecule has 3 rings (SSSR count). The number of hydrogen-bond acceptors (Lipinski definition) is 4. The summed E-state index contributed by atoms with van der Waals surface area (Å²) < 4.78 is 6.26. The smallest absolute Gasteiger partial charge is 0.148 e. The van der Waals surface area contributed by atoms with Crippen LogP contribution in [-0.4, -0.2) is 16.6 Å². The summed E-state index contributed by atoms with van der Waals surface area (Å²) in [5, 5.41) is 3.69. The zero-order valence-corrected chi connectivity index (χ0v) is 11.6. The Bertz CT molecular complexity index is 593. The molecule has 1 aromatic heterocycles. The highest BCUT2D eigenvalue weighted by Crippen LogP contribution is 2.35. The predicted octanol–water partition coefficient (Wildman–Crippen LogP) is 3.44. The molecule has 0 amide bonds. The van der Waals surface area contributed by atoms with Crippen LogP contribution in [0.25, 0.3) is 0 Å². The summed E-state index contributed by atoms with van der Waals surface area (Å²) in [4.78, 5) is 8.06. The summed E-state index contributed by atoms with van der Waals surface area (Å²) in [5.41, 5.74) is 1.12. The first-order chi connectivity index (χ1) is 8.75. The highest BCUT2D eigenvalue weighted by atomic mass is 79.9. The van der Waals surface area contributed by atoms with Gasteiger partial charge in [0, 0.05) is 5.56 Å². The molecule has 18 heavy (non-hydrogen) atoms. The van der Waals surface area contributed by atoms with Crippen molar-refractivity contribution in [2.45, 2.75) is 6.04 Å². The van der Waals surface area contributed by atoms with Crippen LogP contribution in [0.1, 0.15) is 11.6 Å². The molecule has 0 saturated heterocycles. The van der Waals surface area contributed by atoms with Gasteiger partial charge < -0.3 is 10.1 Å². The van der Waals surface area contributed by atoms with E-state index in [1.807, 2.05) is 24.3 Å². The highest BCUT2D eigenvalue weighted by molar-refractivity contribution is 9.10. The van der Waals surface area contributed by atoms with Crippen molar-refractivity contribution in [3.63, 3.8) is 0 Å². The van der Waals surface area contributed by atoms with Gasteiger partial charge in [0.2, 0.25) is 0 Å². The monoisotopic (exact) mass is 325 g/mol. The molecule has 1 aromatic carbocycles. The normalized spacial score (nSPS) is 17.1. The number of fused-ring (bicyclic) bond motifs is 1. The first kappa shape index (κ1) is 11.7. The molecule has 0 fully saturated rings. The Labute approximate surface area is 117 Å². The van der Waals surface area contributed by atoms with E-state index >= 15 is 0 Å². The van der Waals surface area contributed by atoms with E-state index in [0.29, 0.717) is 22.1 Å². The summed E-state index contributed by atoms with van der Waals surface area (Å²) in [6, 6.07) is 8.02. The van der Waals surface area contributed by atoms with Gasteiger partial charge in [-0.05, 0) is 22.0 Å². The van der Waals surface area contributed by atoms with E-state index in [9.17, 15) is 0 Å². The fourth-order valence-corrected chi connectivity index (χ4v) is 2.35. The lowest BCUT2D eigenvalue weighted by Gasteiger charge is -2.13. The Morgan fingerprint density at radius 1 is 1.33 bits per heavy atom. The molecule has 0 saturated carbocycles.